The molecule has 1 saturated heterocycles. The summed E-state index contributed by atoms with van der Waals surface area (Å²) in [7, 11) is 0. The zero-order chi connectivity index (χ0) is 24.4. The van der Waals surface area contributed by atoms with Crippen molar-refractivity contribution in [3.05, 3.63) is 102 Å². The summed E-state index contributed by atoms with van der Waals surface area (Å²) in [5.74, 6) is -0.525. The van der Waals surface area contributed by atoms with Crippen molar-refractivity contribution in [3.63, 3.8) is 0 Å². The van der Waals surface area contributed by atoms with Crippen LogP contribution in [0, 0.1) is 5.82 Å². The van der Waals surface area contributed by atoms with Gasteiger partial charge in [0.15, 0.2) is 0 Å². The normalized spacial score (nSPS) is 15.9. The predicted octanol–water partition coefficient (Wildman–Crippen LogP) is 4.97. The van der Waals surface area contributed by atoms with Gasteiger partial charge in [0.1, 0.15) is 5.82 Å². The Morgan fingerprint density at radius 1 is 1.00 bits per heavy atom. The Morgan fingerprint density at radius 2 is 1.77 bits per heavy atom. The molecule has 4 N–H and O–H groups in total. The number of benzene rings is 3. The lowest BCUT2D eigenvalue weighted by molar-refractivity contribution is 0.100. The van der Waals surface area contributed by atoms with Crippen LogP contribution in [0.5, 0.6) is 0 Å². The van der Waals surface area contributed by atoms with Crippen molar-refractivity contribution in [1.29, 1.82) is 0 Å². The number of primary amides is 1. The summed E-state index contributed by atoms with van der Waals surface area (Å²) in [6, 6.07) is 21.9. The molecule has 0 aliphatic carbocycles. The fourth-order valence-corrected chi connectivity index (χ4v) is 4.87. The largest absolute Gasteiger partial charge is 0.368 e. The number of carbonyl (C=O) groups excluding carboxylic acids is 1. The zero-order valence-electron chi connectivity index (χ0n) is 19.2. The Hall–Kier alpha value is -4.10. The summed E-state index contributed by atoms with van der Waals surface area (Å²) in [6.07, 6.45) is 3.61. The lowest BCUT2D eigenvalue weighted by Crippen LogP contribution is -2.25. The number of likely N-dealkylation sites (tertiary alicyclic amines) is 1. The van der Waals surface area contributed by atoms with E-state index in [4.69, 9.17) is 11.5 Å². The first-order valence-corrected chi connectivity index (χ1v) is 11.6. The Labute approximate surface area is 203 Å². The van der Waals surface area contributed by atoms with Crippen molar-refractivity contribution in [1.82, 2.24) is 14.9 Å². The summed E-state index contributed by atoms with van der Waals surface area (Å²) < 4.78 is 14.6. The Morgan fingerprint density at radius 3 is 2.57 bits per heavy atom. The number of nitrogens with two attached hydrogens (primary N) is 2. The lowest BCUT2D eigenvalue weighted by atomic mass is 9.96. The first-order chi connectivity index (χ1) is 17.0. The van der Waals surface area contributed by atoms with Crippen LogP contribution in [0.15, 0.2) is 79.0 Å². The fourth-order valence-electron chi connectivity index (χ4n) is 4.87. The second kappa shape index (κ2) is 9.64. The molecule has 7 heteroatoms. The van der Waals surface area contributed by atoms with E-state index in [0.29, 0.717) is 17.7 Å². The van der Waals surface area contributed by atoms with Crippen molar-refractivity contribution in [2.45, 2.75) is 25.4 Å². The number of hydrogen-bond donors (Lipinski definition) is 2. The van der Waals surface area contributed by atoms with E-state index in [9.17, 15) is 9.18 Å². The number of halogens is 1. The molecule has 35 heavy (non-hydrogen) atoms. The Bertz CT molecular complexity index is 1390. The number of rotatable bonds is 6. The zero-order valence-corrected chi connectivity index (χ0v) is 19.2. The van der Waals surface area contributed by atoms with Crippen LogP contribution in [0.3, 0.4) is 0 Å². The van der Waals surface area contributed by atoms with E-state index in [1.165, 1.54) is 6.07 Å². The molecule has 1 amide bonds. The molecule has 2 heterocycles. The highest BCUT2D eigenvalue weighted by Crippen LogP contribution is 2.39. The van der Waals surface area contributed by atoms with E-state index in [2.05, 4.69) is 14.9 Å². The third-order valence-corrected chi connectivity index (χ3v) is 6.53. The van der Waals surface area contributed by atoms with Gasteiger partial charge in [0, 0.05) is 29.4 Å². The maximum atomic E-state index is 14.6. The van der Waals surface area contributed by atoms with Crippen LogP contribution in [-0.2, 0) is 6.54 Å². The SMILES string of the molecule is NC(=O)c1cccc(-c2cnc(N)nc2[C@@H]2CCCN2Cc2ccccc2-c2ccccc2F)c1. The fraction of sp³-hybridized carbons (Fsp3) is 0.179. The smallest absolute Gasteiger partial charge is 0.248 e. The molecule has 0 radical (unpaired) electrons. The van der Waals surface area contributed by atoms with Crippen molar-refractivity contribution >= 4 is 11.9 Å². The summed E-state index contributed by atoms with van der Waals surface area (Å²) in [5, 5.41) is 0. The van der Waals surface area contributed by atoms with Crippen LogP contribution in [0.2, 0.25) is 0 Å². The average Bonchev–Trinajstić information content (AvgIpc) is 3.33. The molecule has 0 unspecified atom stereocenters. The summed E-state index contributed by atoms with van der Waals surface area (Å²) >= 11 is 0. The molecule has 0 spiro atoms. The van der Waals surface area contributed by atoms with Crippen LogP contribution >= 0.6 is 0 Å². The maximum absolute atomic E-state index is 14.6. The minimum Gasteiger partial charge on any atom is -0.368 e. The number of nitrogen functional groups attached to an aromatic ring is 1. The van der Waals surface area contributed by atoms with E-state index >= 15 is 0 Å². The second-order valence-corrected chi connectivity index (χ2v) is 8.74. The molecule has 1 aliphatic rings. The number of hydrogen-bond acceptors (Lipinski definition) is 5. The molecule has 1 aliphatic heterocycles. The minimum atomic E-state index is -0.489. The van der Waals surface area contributed by atoms with E-state index in [1.54, 1.807) is 30.5 Å². The highest BCUT2D eigenvalue weighted by molar-refractivity contribution is 5.94. The summed E-state index contributed by atoms with van der Waals surface area (Å²) in [5.41, 5.74) is 16.9. The van der Waals surface area contributed by atoms with Crippen molar-refractivity contribution in [2.24, 2.45) is 5.73 Å². The first-order valence-electron chi connectivity index (χ1n) is 11.6. The van der Waals surface area contributed by atoms with Crippen LogP contribution in [-0.4, -0.2) is 27.3 Å². The molecule has 0 saturated carbocycles. The molecule has 1 fully saturated rings. The van der Waals surface area contributed by atoms with Gasteiger partial charge in [-0.15, -0.1) is 0 Å². The minimum absolute atomic E-state index is 0.00112. The maximum Gasteiger partial charge on any atom is 0.248 e. The highest BCUT2D eigenvalue weighted by atomic mass is 19.1. The lowest BCUT2D eigenvalue weighted by Gasteiger charge is -2.27. The Kier molecular flexibility index (Phi) is 6.25. The first kappa shape index (κ1) is 22.7. The van der Waals surface area contributed by atoms with E-state index in [1.807, 2.05) is 42.5 Å². The van der Waals surface area contributed by atoms with Gasteiger partial charge in [-0.25, -0.2) is 14.4 Å². The molecule has 1 atom stereocenters. The van der Waals surface area contributed by atoms with Gasteiger partial charge in [0.05, 0.1) is 11.7 Å². The number of nitrogens with zero attached hydrogens (tertiary/aromatic N) is 3. The van der Waals surface area contributed by atoms with Gasteiger partial charge in [-0.1, -0.05) is 54.6 Å². The van der Waals surface area contributed by atoms with Crippen LogP contribution in [0.1, 0.15) is 40.5 Å². The van der Waals surface area contributed by atoms with Crippen molar-refractivity contribution < 1.29 is 9.18 Å². The molecule has 5 rings (SSSR count). The number of carbonyl (C=O) groups is 1. The second-order valence-electron chi connectivity index (χ2n) is 8.74. The van der Waals surface area contributed by atoms with Crippen LogP contribution in [0.25, 0.3) is 22.3 Å². The topological polar surface area (TPSA) is 98.1 Å². The number of anilines is 1. The van der Waals surface area contributed by atoms with Gasteiger partial charge < -0.3 is 11.5 Å². The van der Waals surface area contributed by atoms with Crippen molar-refractivity contribution in [3.8, 4) is 22.3 Å². The molecule has 1 aromatic heterocycles. The van der Waals surface area contributed by atoms with Gasteiger partial charge in [0.25, 0.3) is 0 Å². The standard InChI is InChI=1S/C28H26FN5O/c29-24-12-4-3-11-22(24)21-10-2-1-7-20(21)17-34-14-6-13-25(34)26-23(16-32-28(31)33-26)18-8-5-9-19(15-18)27(30)35/h1-5,7-12,15-16,25H,6,13-14,17H2,(H2,30,35)(H2,31,32,33)/t25-/m0/s1. The van der Waals surface area contributed by atoms with E-state index in [0.717, 1.165) is 47.3 Å². The third kappa shape index (κ3) is 4.63. The molecular formula is C28H26FN5O. The quantitative estimate of drug-likeness (QED) is 0.417. The molecular weight excluding hydrogens is 441 g/mol. The molecule has 4 aromatic rings. The molecule has 6 nitrogen and oxygen atoms in total. The van der Waals surface area contributed by atoms with Crippen molar-refractivity contribution in [2.75, 3.05) is 12.3 Å². The number of aromatic nitrogens is 2. The number of amides is 1. The van der Waals surface area contributed by atoms with Gasteiger partial charge in [-0.05, 0) is 54.3 Å². The highest BCUT2D eigenvalue weighted by Gasteiger charge is 2.30. The molecule has 176 valence electrons. The van der Waals surface area contributed by atoms with Gasteiger partial charge in [-0.2, -0.15) is 0 Å². The molecule has 3 aromatic carbocycles. The Balaban J connectivity index is 1.52. The van der Waals surface area contributed by atoms with E-state index < -0.39 is 5.91 Å². The monoisotopic (exact) mass is 467 g/mol. The van der Waals surface area contributed by atoms with Gasteiger partial charge in [-0.3, -0.25) is 9.69 Å². The van der Waals surface area contributed by atoms with Crippen LogP contribution in [0.4, 0.5) is 10.3 Å². The summed E-state index contributed by atoms with van der Waals surface area (Å²) in [6.45, 7) is 1.51. The third-order valence-electron chi connectivity index (χ3n) is 6.53. The van der Waals surface area contributed by atoms with Crippen LogP contribution < -0.4 is 11.5 Å². The average molecular weight is 468 g/mol. The van der Waals surface area contributed by atoms with Gasteiger partial charge >= 0.3 is 0 Å². The molecule has 0 bridgehead atoms. The summed E-state index contributed by atoms with van der Waals surface area (Å²) in [4.78, 5) is 23.0. The predicted molar refractivity (Wildman–Crippen MR) is 135 cm³/mol. The van der Waals surface area contributed by atoms with E-state index in [-0.39, 0.29) is 17.8 Å². The van der Waals surface area contributed by atoms with Gasteiger partial charge in [0.2, 0.25) is 11.9 Å².